The first-order valence-electron chi connectivity index (χ1n) is 7.60. The highest BCUT2D eigenvalue weighted by atomic mass is 32.1. The van der Waals surface area contributed by atoms with Crippen LogP contribution in [0.1, 0.15) is 16.1 Å². The van der Waals surface area contributed by atoms with Gasteiger partial charge in [-0.3, -0.25) is 9.78 Å². The zero-order valence-electron chi connectivity index (χ0n) is 13.3. The minimum atomic E-state index is -0.284. The molecule has 1 N–H and O–H groups in total. The van der Waals surface area contributed by atoms with Crippen LogP contribution in [0.4, 0.5) is 5.69 Å². The normalized spacial score (nSPS) is 10.8. The average Bonchev–Trinajstić information content (AvgIpc) is 3.08. The summed E-state index contributed by atoms with van der Waals surface area (Å²) in [5, 5.41) is 3.77. The Bertz CT molecular complexity index is 1030. The number of carbonyl (C=O) groups excluding carboxylic acids is 1. The Morgan fingerprint density at radius 1 is 1.12 bits per heavy atom. The monoisotopic (exact) mass is 347 g/mol. The smallest absolute Gasteiger partial charge is 0.275 e. The van der Waals surface area contributed by atoms with Gasteiger partial charge in [-0.1, -0.05) is 11.3 Å². The third-order valence-electron chi connectivity index (χ3n) is 3.68. The van der Waals surface area contributed by atoms with E-state index in [-0.39, 0.29) is 11.6 Å². The molecule has 0 aliphatic heterocycles. The second-order valence-electron chi connectivity index (χ2n) is 5.42. The minimum absolute atomic E-state index is 0.281. The molecule has 6 nitrogen and oxygen atoms in total. The van der Waals surface area contributed by atoms with Crippen LogP contribution in [-0.4, -0.2) is 25.8 Å². The molecule has 25 heavy (non-hydrogen) atoms. The number of anilines is 1. The summed E-state index contributed by atoms with van der Waals surface area (Å²) in [5.74, 6) is -0.284. The van der Waals surface area contributed by atoms with Crippen molar-refractivity contribution in [2.75, 3.05) is 5.32 Å². The first-order chi connectivity index (χ1) is 12.2. The van der Waals surface area contributed by atoms with E-state index < -0.39 is 0 Å². The van der Waals surface area contributed by atoms with Crippen molar-refractivity contribution in [1.82, 2.24) is 19.9 Å². The first-order valence-corrected chi connectivity index (χ1v) is 8.42. The number of nitrogens with zero attached hydrogens (tertiary/aromatic N) is 4. The predicted octanol–water partition coefficient (Wildman–Crippen LogP) is 3.71. The molecule has 1 amide bonds. The van der Waals surface area contributed by atoms with Crippen LogP contribution >= 0.6 is 11.3 Å². The Labute approximate surface area is 147 Å². The molecule has 0 aliphatic carbocycles. The molecule has 0 spiro atoms. The van der Waals surface area contributed by atoms with Crippen LogP contribution in [0.3, 0.4) is 0 Å². The molecule has 0 saturated carbocycles. The van der Waals surface area contributed by atoms with Gasteiger partial charge in [0.05, 0.1) is 6.20 Å². The fourth-order valence-corrected chi connectivity index (χ4v) is 3.34. The maximum Gasteiger partial charge on any atom is 0.275 e. The summed E-state index contributed by atoms with van der Waals surface area (Å²) >= 11 is 1.55. The van der Waals surface area contributed by atoms with E-state index >= 15 is 0 Å². The third kappa shape index (κ3) is 3.09. The van der Waals surface area contributed by atoms with Gasteiger partial charge in [0.25, 0.3) is 5.91 Å². The third-order valence-corrected chi connectivity index (χ3v) is 4.71. The van der Waals surface area contributed by atoms with Crippen molar-refractivity contribution in [1.29, 1.82) is 0 Å². The lowest BCUT2D eigenvalue weighted by molar-refractivity contribution is 0.102. The molecule has 7 heteroatoms. The van der Waals surface area contributed by atoms with Gasteiger partial charge >= 0.3 is 0 Å². The molecule has 1 aromatic carbocycles. The van der Waals surface area contributed by atoms with Crippen molar-refractivity contribution in [3.8, 4) is 10.6 Å². The van der Waals surface area contributed by atoms with Crippen molar-refractivity contribution in [2.24, 2.45) is 0 Å². The zero-order valence-corrected chi connectivity index (χ0v) is 14.1. The number of hydrogen-bond donors (Lipinski definition) is 1. The van der Waals surface area contributed by atoms with Gasteiger partial charge in [0, 0.05) is 29.8 Å². The highest BCUT2D eigenvalue weighted by molar-refractivity contribution is 7.21. The Balaban J connectivity index is 1.61. The van der Waals surface area contributed by atoms with E-state index in [0.717, 1.165) is 32.2 Å². The Kier molecular flexibility index (Phi) is 3.91. The second kappa shape index (κ2) is 6.37. The van der Waals surface area contributed by atoms with Gasteiger partial charge < -0.3 is 5.32 Å². The highest BCUT2D eigenvalue weighted by Crippen LogP contribution is 2.31. The van der Waals surface area contributed by atoms with Crippen LogP contribution in [0.25, 0.3) is 20.9 Å². The van der Waals surface area contributed by atoms with E-state index in [0.29, 0.717) is 0 Å². The molecule has 0 radical (unpaired) electrons. The summed E-state index contributed by atoms with van der Waals surface area (Å²) in [6.45, 7) is 1.95. The van der Waals surface area contributed by atoms with Gasteiger partial charge in [-0.25, -0.2) is 15.0 Å². The average molecular weight is 347 g/mol. The summed E-state index contributed by atoms with van der Waals surface area (Å²) in [6.07, 6.45) is 6.23. The van der Waals surface area contributed by atoms with Crippen molar-refractivity contribution >= 4 is 33.3 Å². The van der Waals surface area contributed by atoms with E-state index in [1.54, 1.807) is 17.5 Å². The Hall–Kier alpha value is -3.19. The lowest BCUT2D eigenvalue weighted by Gasteiger charge is -2.09. The van der Waals surface area contributed by atoms with Gasteiger partial charge in [-0.05, 0) is 42.8 Å². The molecule has 4 rings (SSSR count). The molecule has 0 saturated heterocycles. The van der Waals surface area contributed by atoms with Crippen LogP contribution in [0.5, 0.6) is 0 Å². The van der Waals surface area contributed by atoms with Crippen LogP contribution < -0.4 is 5.32 Å². The topological polar surface area (TPSA) is 80.7 Å². The standard InChI is InChI=1S/C18H13N5OS/c1-11-9-12(17-23-14-3-2-6-21-18(14)25-17)4-5-13(11)22-16(24)15-10-19-7-8-20-15/h2-10H,1H3,(H,22,24). The number of nitrogens with one attached hydrogen (secondary N) is 1. The van der Waals surface area contributed by atoms with Crippen molar-refractivity contribution in [3.05, 3.63) is 66.4 Å². The molecule has 4 aromatic rings. The maximum atomic E-state index is 12.2. The van der Waals surface area contributed by atoms with Crippen molar-refractivity contribution in [3.63, 3.8) is 0 Å². The molecule has 3 aromatic heterocycles. The maximum absolute atomic E-state index is 12.2. The lowest BCUT2D eigenvalue weighted by atomic mass is 10.1. The number of hydrogen-bond acceptors (Lipinski definition) is 6. The number of aryl methyl sites for hydroxylation is 1. The molecule has 0 atom stereocenters. The van der Waals surface area contributed by atoms with Gasteiger partial charge in [0.2, 0.25) is 0 Å². The number of amides is 1. The van der Waals surface area contributed by atoms with E-state index in [1.165, 1.54) is 18.6 Å². The number of rotatable bonds is 3. The summed E-state index contributed by atoms with van der Waals surface area (Å²) < 4.78 is 0. The number of benzene rings is 1. The number of fused-ring (bicyclic) bond motifs is 1. The second-order valence-corrected chi connectivity index (χ2v) is 6.40. The van der Waals surface area contributed by atoms with Crippen LogP contribution in [-0.2, 0) is 0 Å². The summed E-state index contributed by atoms with van der Waals surface area (Å²) in [5.41, 5.74) is 3.85. The van der Waals surface area contributed by atoms with Crippen molar-refractivity contribution < 1.29 is 4.79 Å². The van der Waals surface area contributed by atoms with Crippen LogP contribution in [0.15, 0.2) is 55.1 Å². The van der Waals surface area contributed by atoms with E-state index in [4.69, 9.17) is 0 Å². The molecule has 0 bridgehead atoms. The van der Waals surface area contributed by atoms with Crippen LogP contribution in [0, 0.1) is 6.92 Å². The molecule has 122 valence electrons. The van der Waals surface area contributed by atoms with Gasteiger partial charge in [-0.15, -0.1) is 0 Å². The van der Waals surface area contributed by atoms with Gasteiger partial charge in [0.15, 0.2) is 0 Å². The fourth-order valence-electron chi connectivity index (χ4n) is 2.43. The lowest BCUT2D eigenvalue weighted by Crippen LogP contribution is -2.14. The number of aromatic nitrogens is 4. The van der Waals surface area contributed by atoms with Crippen LogP contribution in [0.2, 0.25) is 0 Å². The molecular formula is C18H13N5OS. The predicted molar refractivity (Wildman–Crippen MR) is 97.6 cm³/mol. The largest absolute Gasteiger partial charge is 0.320 e. The van der Waals surface area contributed by atoms with Gasteiger partial charge in [0.1, 0.15) is 21.0 Å². The summed E-state index contributed by atoms with van der Waals surface area (Å²) in [7, 11) is 0. The number of pyridine rings is 1. The zero-order chi connectivity index (χ0) is 17.2. The highest BCUT2D eigenvalue weighted by Gasteiger charge is 2.11. The Morgan fingerprint density at radius 2 is 2.04 bits per heavy atom. The van der Waals surface area contributed by atoms with E-state index in [2.05, 4.69) is 25.3 Å². The molecule has 0 aliphatic rings. The molecular weight excluding hydrogens is 334 g/mol. The molecule has 3 heterocycles. The fraction of sp³-hybridized carbons (Fsp3) is 0.0556. The number of thiazole rings is 1. The minimum Gasteiger partial charge on any atom is -0.320 e. The van der Waals surface area contributed by atoms with Gasteiger partial charge in [-0.2, -0.15) is 0 Å². The number of carbonyl (C=O) groups is 1. The quantitative estimate of drug-likeness (QED) is 0.611. The SMILES string of the molecule is Cc1cc(-c2nc3cccnc3s2)ccc1NC(=O)c1cnccn1. The van der Waals surface area contributed by atoms with E-state index in [9.17, 15) is 4.79 Å². The summed E-state index contributed by atoms with van der Waals surface area (Å²) in [6, 6.07) is 9.65. The van der Waals surface area contributed by atoms with E-state index in [1.807, 2.05) is 37.3 Å². The van der Waals surface area contributed by atoms with Crippen molar-refractivity contribution in [2.45, 2.75) is 6.92 Å². The Morgan fingerprint density at radius 3 is 2.80 bits per heavy atom. The summed E-state index contributed by atoms with van der Waals surface area (Å²) in [4.78, 5) is 30.0. The molecule has 0 fully saturated rings. The molecule has 0 unspecified atom stereocenters. The first kappa shape index (κ1) is 15.3.